The summed E-state index contributed by atoms with van der Waals surface area (Å²) < 4.78 is 0. The second kappa shape index (κ2) is 8.83. The Morgan fingerprint density at radius 1 is 1.00 bits per heavy atom. The van der Waals surface area contributed by atoms with E-state index in [9.17, 15) is 14.4 Å². The van der Waals surface area contributed by atoms with Crippen molar-refractivity contribution in [2.45, 2.75) is 20.3 Å². The van der Waals surface area contributed by atoms with Crippen LogP contribution in [0.5, 0.6) is 0 Å². The zero-order chi connectivity index (χ0) is 19.3. The number of Topliss-reactive ketones (excluding diaryl/α,β-unsaturated/α-hetero) is 1. The molecule has 5 nitrogen and oxygen atoms in total. The Labute approximate surface area is 161 Å². The Balaban J connectivity index is 2.02. The minimum atomic E-state index is -0.259. The zero-order valence-corrected chi connectivity index (χ0v) is 15.9. The van der Waals surface area contributed by atoms with Gasteiger partial charge in [-0.25, -0.2) is 0 Å². The number of carbonyl (C=O) groups is 3. The monoisotopic (exact) mass is 392 g/mol. The molecule has 0 aliphatic heterocycles. The molecule has 0 aliphatic carbocycles. The number of anilines is 2. The molecule has 2 aromatic rings. The largest absolute Gasteiger partial charge is 0.326 e. The minimum Gasteiger partial charge on any atom is -0.326 e. The van der Waals surface area contributed by atoms with E-state index in [2.05, 4.69) is 5.32 Å². The van der Waals surface area contributed by atoms with Crippen LogP contribution in [-0.4, -0.2) is 24.1 Å². The fourth-order valence-corrected chi connectivity index (χ4v) is 2.75. The number of benzene rings is 2. The van der Waals surface area contributed by atoms with E-state index in [0.29, 0.717) is 27.0 Å². The summed E-state index contributed by atoms with van der Waals surface area (Å²) in [6, 6.07) is 11.4. The van der Waals surface area contributed by atoms with E-state index < -0.39 is 0 Å². The van der Waals surface area contributed by atoms with Crippen molar-refractivity contribution in [1.82, 2.24) is 0 Å². The number of rotatable bonds is 6. The molecule has 2 amide bonds. The first-order valence-electron chi connectivity index (χ1n) is 7.92. The molecule has 0 heterocycles. The molecule has 7 heteroatoms. The molecular weight excluding hydrogens is 375 g/mol. The fourth-order valence-electron chi connectivity index (χ4n) is 2.37. The fraction of sp³-hybridized carbons (Fsp3) is 0.211. The van der Waals surface area contributed by atoms with Gasteiger partial charge in [0.1, 0.15) is 0 Å². The molecule has 0 aromatic heterocycles. The van der Waals surface area contributed by atoms with Crippen molar-refractivity contribution in [3.8, 4) is 0 Å². The number of halogens is 2. The average molecular weight is 393 g/mol. The maximum atomic E-state index is 12.2. The molecular formula is C19H18Cl2N2O3. The highest BCUT2D eigenvalue weighted by Gasteiger charge is 2.17. The van der Waals surface area contributed by atoms with Crippen molar-refractivity contribution in [2.75, 3.05) is 16.8 Å². The first-order chi connectivity index (χ1) is 12.3. The predicted octanol–water partition coefficient (Wildman–Crippen LogP) is 4.58. The second-order valence-electron chi connectivity index (χ2n) is 5.70. The molecule has 2 rings (SSSR count). The number of hydrogen-bond donors (Lipinski definition) is 1. The number of nitrogens with one attached hydrogen (secondary N) is 1. The van der Waals surface area contributed by atoms with Gasteiger partial charge >= 0.3 is 0 Å². The van der Waals surface area contributed by atoms with Gasteiger partial charge in [-0.2, -0.15) is 0 Å². The summed E-state index contributed by atoms with van der Waals surface area (Å²) in [5, 5.41) is 3.56. The molecule has 2 aromatic carbocycles. The normalized spacial score (nSPS) is 10.3. The predicted molar refractivity (Wildman–Crippen MR) is 104 cm³/mol. The van der Waals surface area contributed by atoms with Crippen molar-refractivity contribution in [3.63, 3.8) is 0 Å². The lowest BCUT2D eigenvalue weighted by Crippen LogP contribution is -2.32. The third-order valence-corrected chi connectivity index (χ3v) is 4.27. The van der Waals surface area contributed by atoms with Gasteiger partial charge in [-0.1, -0.05) is 23.2 Å². The van der Waals surface area contributed by atoms with E-state index in [0.717, 1.165) is 0 Å². The van der Waals surface area contributed by atoms with Crippen LogP contribution in [0.1, 0.15) is 30.6 Å². The quantitative estimate of drug-likeness (QED) is 0.731. The summed E-state index contributed by atoms with van der Waals surface area (Å²) in [7, 11) is 0. The smallest absolute Gasteiger partial charge is 0.226 e. The molecule has 0 spiro atoms. The van der Waals surface area contributed by atoms with E-state index in [1.807, 2.05) is 0 Å². The van der Waals surface area contributed by atoms with E-state index in [1.54, 1.807) is 42.5 Å². The van der Waals surface area contributed by atoms with Crippen LogP contribution in [0.3, 0.4) is 0 Å². The van der Waals surface area contributed by atoms with Gasteiger partial charge in [-0.15, -0.1) is 0 Å². The van der Waals surface area contributed by atoms with Crippen LogP contribution >= 0.6 is 23.2 Å². The summed E-state index contributed by atoms with van der Waals surface area (Å²) in [6.45, 7) is 3.04. The third-order valence-electron chi connectivity index (χ3n) is 3.72. The Bertz CT molecular complexity index is 835. The maximum Gasteiger partial charge on any atom is 0.226 e. The van der Waals surface area contributed by atoms with Crippen molar-refractivity contribution in [1.29, 1.82) is 0 Å². The second-order valence-corrected chi connectivity index (χ2v) is 6.54. The van der Waals surface area contributed by atoms with Crippen LogP contribution in [0.25, 0.3) is 0 Å². The van der Waals surface area contributed by atoms with Crippen LogP contribution in [0.2, 0.25) is 10.0 Å². The zero-order valence-electron chi connectivity index (χ0n) is 14.4. The number of amides is 2. The van der Waals surface area contributed by atoms with Crippen LogP contribution in [-0.2, 0) is 9.59 Å². The lowest BCUT2D eigenvalue weighted by atomic mass is 10.1. The molecule has 0 bridgehead atoms. The Morgan fingerprint density at radius 3 is 2.23 bits per heavy atom. The van der Waals surface area contributed by atoms with E-state index >= 15 is 0 Å². The molecule has 0 unspecified atom stereocenters. The van der Waals surface area contributed by atoms with Crippen molar-refractivity contribution >= 4 is 52.2 Å². The highest BCUT2D eigenvalue weighted by molar-refractivity contribution is 6.35. The molecule has 0 saturated carbocycles. The lowest BCUT2D eigenvalue weighted by Gasteiger charge is -2.22. The molecule has 0 atom stereocenters. The summed E-state index contributed by atoms with van der Waals surface area (Å²) in [5.41, 5.74) is 1.61. The molecule has 1 N–H and O–H groups in total. The van der Waals surface area contributed by atoms with Crippen LogP contribution in [0, 0.1) is 0 Å². The average Bonchev–Trinajstić information content (AvgIpc) is 2.58. The van der Waals surface area contributed by atoms with Gasteiger partial charge in [0.15, 0.2) is 5.78 Å². The number of ketones is 1. The van der Waals surface area contributed by atoms with E-state index in [4.69, 9.17) is 23.2 Å². The van der Waals surface area contributed by atoms with Gasteiger partial charge in [0, 0.05) is 36.2 Å². The van der Waals surface area contributed by atoms with Gasteiger partial charge in [0.05, 0.1) is 10.7 Å². The molecule has 0 fully saturated rings. The van der Waals surface area contributed by atoms with Gasteiger partial charge in [0.25, 0.3) is 0 Å². The summed E-state index contributed by atoms with van der Waals surface area (Å²) >= 11 is 12.1. The Kier molecular flexibility index (Phi) is 6.77. The highest BCUT2D eigenvalue weighted by atomic mass is 35.5. The number of hydrogen-bond acceptors (Lipinski definition) is 3. The lowest BCUT2D eigenvalue weighted by molar-refractivity contribution is -0.117. The summed E-state index contributed by atoms with van der Waals surface area (Å²) in [6.07, 6.45) is 0.0802. The van der Waals surface area contributed by atoms with Crippen LogP contribution in [0.4, 0.5) is 11.4 Å². The van der Waals surface area contributed by atoms with Gasteiger partial charge in [-0.05, 0) is 49.4 Å². The molecule has 0 radical (unpaired) electrons. The topological polar surface area (TPSA) is 66.5 Å². The van der Waals surface area contributed by atoms with Gasteiger partial charge in [0.2, 0.25) is 11.8 Å². The molecule has 0 aliphatic rings. The van der Waals surface area contributed by atoms with Crippen LogP contribution in [0.15, 0.2) is 42.5 Å². The Morgan fingerprint density at radius 2 is 1.65 bits per heavy atom. The van der Waals surface area contributed by atoms with Gasteiger partial charge in [-0.3, -0.25) is 14.4 Å². The molecule has 136 valence electrons. The van der Waals surface area contributed by atoms with Crippen molar-refractivity contribution in [2.24, 2.45) is 0 Å². The number of carbonyl (C=O) groups excluding carboxylic acids is 3. The minimum absolute atomic E-state index is 0.0432. The standard InChI is InChI=1S/C19H18Cl2N2O3/c1-12(24)14-3-6-16(7-4-14)22-19(26)9-10-23(13(2)25)18-11-15(20)5-8-17(18)21/h3-8,11H,9-10H2,1-2H3,(H,22,26). The third kappa shape index (κ3) is 5.31. The van der Waals surface area contributed by atoms with Crippen molar-refractivity contribution < 1.29 is 14.4 Å². The van der Waals surface area contributed by atoms with E-state index in [-0.39, 0.29) is 30.6 Å². The van der Waals surface area contributed by atoms with Gasteiger partial charge < -0.3 is 10.2 Å². The van der Waals surface area contributed by atoms with Crippen molar-refractivity contribution in [3.05, 3.63) is 58.1 Å². The first kappa shape index (κ1) is 19.9. The highest BCUT2D eigenvalue weighted by Crippen LogP contribution is 2.29. The Hall–Kier alpha value is -2.37. The first-order valence-corrected chi connectivity index (χ1v) is 8.67. The summed E-state index contributed by atoms with van der Waals surface area (Å²) in [5.74, 6) is -0.545. The van der Waals surface area contributed by atoms with Crippen LogP contribution < -0.4 is 10.2 Å². The maximum absolute atomic E-state index is 12.2. The van der Waals surface area contributed by atoms with E-state index in [1.165, 1.54) is 18.7 Å². The molecule has 0 saturated heterocycles. The summed E-state index contributed by atoms with van der Waals surface area (Å²) in [4.78, 5) is 36.8. The molecule has 26 heavy (non-hydrogen) atoms. The SMILES string of the molecule is CC(=O)c1ccc(NC(=O)CCN(C(C)=O)c2cc(Cl)ccc2Cl)cc1. The number of nitrogens with zero attached hydrogens (tertiary/aromatic N) is 1.